The molecule has 0 atom stereocenters. The fourth-order valence-corrected chi connectivity index (χ4v) is 2.17. The second-order valence-corrected chi connectivity index (χ2v) is 4.91. The largest absolute Gasteiger partial charge is 0.371 e. The minimum Gasteiger partial charge on any atom is -0.371 e. The number of nitrogens with one attached hydrogen (secondary N) is 2. The van der Waals surface area contributed by atoms with Crippen LogP contribution in [0.5, 0.6) is 0 Å². The second-order valence-electron chi connectivity index (χ2n) is 4.49. The number of nitrogens with zero attached hydrogens (tertiary/aromatic N) is 1. The average Bonchev–Trinajstić information content (AvgIpc) is 2.40. The molecule has 100 valence electrons. The van der Waals surface area contributed by atoms with E-state index < -0.39 is 0 Å². The third kappa shape index (κ3) is 4.48. The number of H-pyrrole nitrogens is 1. The summed E-state index contributed by atoms with van der Waals surface area (Å²) in [5.41, 5.74) is 1.33. The van der Waals surface area contributed by atoms with Gasteiger partial charge in [0.05, 0.1) is 0 Å². The topological polar surface area (TPSA) is 40.7 Å². The zero-order valence-electron chi connectivity index (χ0n) is 11.1. The van der Waals surface area contributed by atoms with E-state index in [1.165, 1.54) is 5.56 Å². The molecule has 0 spiro atoms. The highest BCUT2D eigenvalue weighted by Crippen LogP contribution is 2.06. The van der Waals surface area contributed by atoms with Crippen LogP contribution in [-0.2, 0) is 12.8 Å². The third-order valence-electron chi connectivity index (χ3n) is 2.85. The molecule has 0 aliphatic carbocycles. The first kappa shape index (κ1) is 13.7. The first-order valence-corrected chi connectivity index (χ1v) is 7.07. The Kier molecular flexibility index (Phi) is 5.10. The van der Waals surface area contributed by atoms with Crippen molar-refractivity contribution < 1.29 is 0 Å². The fourth-order valence-electron chi connectivity index (χ4n) is 1.94. The minimum absolute atomic E-state index is 0.643. The van der Waals surface area contributed by atoms with E-state index in [1.807, 2.05) is 12.1 Å². The highest BCUT2D eigenvalue weighted by molar-refractivity contribution is 7.71. The SMILES string of the molecule is CCCc1nc(=S)cc(NCCc2ccccc2)[nH]1. The van der Waals surface area contributed by atoms with Crippen molar-refractivity contribution in [2.75, 3.05) is 11.9 Å². The lowest BCUT2D eigenvalue weighted by atomic mass is 10.1. The first-order valence-electron chi connectivity index (χ1n) is 6.66. The Hall–Kier alpha value is -1.68. The number of anilines is 1. The quantitative estimate of drug-likeness (QED) is 0.788. The number of aromatic amines is 1. The fraction of sp³-hybridized carbons (Fsp3) is 0.333. The van der Waals surface area contributed by atoms with Crippen LogP contribution < -0.4 is 5.32 Å². The summed E-state index contributed by atoms with van der Waals surface area (Å²) in [5, 5.41) is 3.37. The van der Waals surface area contributed by atoms with E-state index in [9.17, 15) is 0 Å². The zero-order chi connectivity index (χ0) is 13.5. The van der Waals surface area contributed by atoms with Crippen LogP contribution in [0, 0.1) is 4.64 Å². The van der Waals surface area contributed by atoms with Gasteiger partial charge in [0.15, 0.2) is 0 Å². The van der Waals surface area contributed by atoms with Crippen molar-refractivity contribution in [3.63, 3.8) is 0 Å². The van der Waals surface area contributed by atoms with Crippen LogP contribution in [0.25, 0.3) is 0 Å². The summed E-state index contributed by atoms with van der Waals surface area (Å²) in [6.07, 6.45) is 2.98. The van der Waals surface area contributed by atoms with Gasteiger partial charge in [-0.05, 0) is 18.4 Å². The lowest BCUT2D eigenvalue weighted by Gasteiger charge is -2.08. The number of aromatic nitrogens is 2. The Morgan fingerprint density at radius 2 is 2.00 bits per heavy atom. The molecular weight excluding hydrogens is 254 g/mol. The molecule has 0 saturated carbocycles. The zero-order valence-corrected chi connectivity index (χ0v) is 12.0. The molecule has 0 saturated heterocycles. The molecule has 1 aromatic carbocycles. The van der Waals surface area contributed by atoms with E-state index in [1.54, 1.807) is 0 Å². The van der Waals surface area contributed by atoms with Crippen molar-refractivity contribution in [2.24, 2.45) is 0 Å². The first-order chi connectivity index (χ1) is 9.28. The maximum absolute atomic E-state index is 5.17. The molecule has 0 amide bonds. The van der Waals surface area contributed by atoms with Gasteiger partial charge in [0, 0.05) is 19.0 Å². The molecule has 4 heteroatoms. The third-order valence-corrected chi connectivity index (χ3v) is 3.06. The molecule has 0 unspecified atom stereocenters. The average molecular weight is 273 g/mol. The Morgan fingerprint density at radius 1 is 1.21 bits per heavy atom. The predicted molar refractivity (Wildman–Crippen MR) is 82.1 cm³/mol. The van der Waals surface area contributed by atoms with Gasteiger partial charge in [-0.3, -0.25) is 0 Å². The molecule has 1 heterocycles. The number of hydrogen-bond acceptors (Lipinski definition) is 3. The Balaban J connectivity index is 1.94. The van der Waals surface area contributed by atoms with Crippen LogP contribution in [0.15, 0.2) is 36.4 Å². The molecule has 0 fully saturated rings. The van der Waals surface area contributed by atoms with Crippen LogP contribution in [0.4, 0.5) is 5.82 Å². The van der Waals surface area contributed by atoms with Gasteiger partial charge in [-0.15, -0.1) is 0 Å². The van der Waals surface area contributed by atoms with Crippen molar-refractivity contribution in [1.29, 1.82) is 0 Å². The molecule has 2 N–H and O–H groups in total. The van der Waals surface area contributed by atoms with E-state index >= 15 is 0 Å². The summed E-state index contributed by atoms with van der Waals surface area (Å²) in [4.78, 5) is 7.59. The number of hydrogen-bond donors (Lipinski definition) is 2. The van der Waals surface area contributed by atoms with E-state index in [2.05, 4.69) is 46.5 Å². The molecule has 1 aromatic heterocycles. The lowest BCUT2D eigenvalue weighted by Crippen LogP contribution is -2.08. The van der Waals surface area contributed by atoms with Crippen molar-refractivity contribution in [3.05, 3.63) is 52.4 Å². The van der Waals surface area contributed by atoms with Gasteiger partial charge in [-0.1, -0.05) is 49.5 Å². The molecule has 2 aromatic rings. The van der Waals surface area contributed by atoms with Crippen molar-refractivity contribution in [1.82, 2.24) is 9.97 Å². The summed E-state index contributed by atoms with van der Waals surface area (Å²) in [5.74, 6) is 1.91. The molecule has 19 heavy (non-hydrogen) atoms. The van der Waals surface area contributed by atoms with E-state index in [0.717, 1.165) is 37.4 Å². The van der Waals surface area contributed by atoms with Crippen LogP contribution in [0.2, 0.25) is 0 Å². The van der Waals surface area contributed by atoms with Crippen LogP contribution in [0.3, 0.4) is 0 Å². The molecule has 3 nitrogen and oxygen atoms in total. The van der Waals surface area contributed by atoms with Gasteiger partial charge in [0.2, 0.25) is 0 Å². The van der Waals surface area contributed by atoms with E-state index in [0.29, 0.717) is 4.64 Å². The monoisotopic (exact) mass is 273 g/mol. The molecule has 0 aliphatic rings. The van der Waals surface area contributed by atoms with Crippen LogP contribution >= 0.6 is 12.2 Å². The van der Waals surface area contributed by atoms with E-state index in [-0.39, 0.29) is 0 Å². The standard InChI is InChI=1S/C15H19N3S/c1-2-6-13-17-14(11-15(19)18-13)16-10-9-12-7-4-3-5-8-12/h3-5,7-8,11H,2,6,9-10H2,1H3,(H2,16,17,18,19). The van der Waals surface area contributed by atoms with Crippen molar-refractivity contribution >= 4 is 18.0 Å². The summed E-state index contributed by atoms with van der Waals surface area (Å²) in [6.45, 7) is 3.01. The van der Waals surface area contributed by atoms with Crippen molar-refractivity contribution in [3.8, 4) is 0 Å². The molecular formula is C15H19N3S. The highest BCUT2D eigenvalue weighted by atomic mass is 32.1. The Morgan fingerprint density at radius 3 is 2.74 bits per heavy atom. The minimum atomic E-state index is 0.643. The number of aryl methyl sites for hydroxylation is 1. The predicted octanol–water partition coefficient (Wildman–Crippen LogP) is 3.75. The molecule has 0 radical (unpaired) electrons. The van der Waals surface area contributed by atoms with Gasteiger partial charge >= 0.3 is 0 Å². The van der Waals surface area contributed by atoms with Gasteiger partial charge in [-0.2, -0.15) is 0 Å². The number of rotatable bonds is 6. The van der Waals surface area contributed by atoms with Crippen LogP contribution in [0.1, 0.15) is 24.7 Å². The molecule has 0 aliphatic heterocycles. The normalized spacial score (nSPS) is 10.4. The maximum Gasteiger partial charge on any atom is 0.131 e. The van der Waals surface area contributed by atoms with Gasteiger partial charge in [-0.25, -0.2) is 4.98 Å². The maximum atomic E-state index is 5.17. The Bertz CT molecular complexity index is 563. The van der Waals surface area contributed by atoms with Gasteiger partial charge in [0.1, 0.15) is 16.3 Å². The van der Waals surface area contributed by atoms with Crippen LogP contribution in [-0.4, -0.2) is 16.5 Å². The van der Waals surface area contributed by atoms with E-state index in [4.69, 9.17) is 12.2 Å². The summed E-state index contributed by atoms with van der Waals surface area (Å²) in [6, 6.07) is 12.3. The highest BCUT2D eigenvalue weighted by Gasteiger charge is 1.98. The lowest BCUT2D eigenvalue weighted by molar-refractivity contribution is 0.829. The molecule has 0 bridgehead atoms. The Labute approximate surface area is 119 Å². The molecule has 2 rings (SSSR count). The number of benzene rings is 1. The summed E-state index contributed by atoms with van der Waals surface area (Å²) >= 11 is 5.17. The summed E-state index contributed by atoms with van der Waals surface area (Å²) in [7, 11) is 0. The summed E-state index contributed by atoms with van der Waals surface area (Å²) < 4.78 is 0.643. The smallest absolute Gasteiger partial charge is 0.131 e. The van der Waals surface area contributed by atoms with Crippen molar-refractivity contribution in [2.45, 2.75) is 26.2 Å². The van der Waals surface area contributed by atoms with Gasteiger partial charge in [0.25, 0.3) is 0 Å². The van der Waals surface area contributed by atoms with Gasteiger partial charge < -0.3 is 10.3 Å². The second kappa shape index (κ2) is 7.04.